The molecular weight excluding hydrogens is 378 g/mol. The van der Waals surface area contributed by atoms with E-state index in [1.54, 1.807) is 11.2 Å². The number of benzene rings is 1. The highest BCUT2D eigenvalue weighted by molar-refractivity contribution is 7.89. The van der Waals surface area contributed by atoms with Gasteiger partial charge in [-0.3, -0.25) is 4.68 Å². The van der Waals surface area contributed by atoms with E-state index in [0.29, 0.717) is 32.9 Å². The van der Waals surface area contributed by atoms with Gasteiger partial charge in [0, 0.05) is 24.2 Å². The molecule has 4 rings (SSSR count). The zero-order valence-electron chi connectivity index (χ0n) is 16.2. The molecule has 2 aliphatic heterocycles. The van der Waals surface area contributed by atoms with Crippen LogP contribution >= 0.6 is 0 Å². The predicted molar refractivity (Wildman–Crippen MR) is 106 cm³/mol. The first-order valence-corrected chi connectivity index (χ1v) is 11.5. The van der Waals surface area contributed by atoms with E-state index in [1.165, 1.54) is 0 Å². The first-order chi connectivity index (χ1) is 13.6. The first-order valence-electron chi connectivity index (χ1n) is 9.93. The minimum absolute atomic E-state index is 0.119. The number of nitrogens with zero attached hydrogens (tertiary/aromatic N) is 3. The second-order valence-corrected chi connectivity index (χ2v) is 9.38. The lowest BCUT2D eigenvalue weighted by molar-refractivity contribution is 0.107. The molecule has 1 saturated heterocycles. The molecule has 0 radical (unpaired) electrons. The quantitative estimate of drug-likeness (QED) is 0.708. The van der Waals surface area contributed by atoms with Gasteiger partial charge in [0.05, 0.1) is 37.2 Å². The van der Waals surface area contributed by atoms with Gasteiger partial charge < -0.3 is 9.47 Å². The SMILES string of the molecule is CCS(=O)(=O)N1CCCC1c1nn(CCOc2ccccc2)c2c1COCC2. The molecule has 7 nitrogen and oxygen atoms in total. The van der Waals surface area contributed by atoms with Crippen LogP contribution in [0.3, 0.4) is 0 Å². The summed E-state index contributed by atoms with van der Waals surface area (Å²) in [4.78, 5) is 0. The maximum Gasteiger partial charge on any atom is 0.214 e. The van der Waals surface area contributed by atoms with Crippen molar-refractivity contribution in [1.82, 2.24) is 14.1 Å². The van der Waals surface area contributed by atoms with Crippen molar-refractivity contribution in [3.63, 3.8) is 0 Å². The van der Waals surface area contributed by atoms with E-state index in [9.17, 15) is 8.42 Å². The molecule has 0 N–H and O–H groups in total. The number of ether oxygens (including phenoxy) is 2. The Bertz CT molecular complexity index is 911. The molecule has 3 heterocycles. The van der Waals surface area contributed by atoms with Crippen LogP contribution in [0, 0.1) is 0 Å². The van der Waals surface area contributed by atoms with E-state index < -0.39 is 10.0 Å². The van der Waals surface area contributed by atoms with E-state index >= 15 is 0 Å². The summed E-state index contributed by atoms with van der Waals surface area (Å²) in [6, 6.07) is 9.54. The molecule has 0 spiro atoms. The monoisotopic (exact) mass is 405 g/mol. The average Bonchev–Trinajstić information content (AvgIpc) is 3.34. The van der Waals surface area contributed by atoms with Crippen LogP contribution in [-0.2, 0) is 34.3 Å². The van der Waals surface area contributed by atoms with Crippen LogP contribution < -0.4 is 4.74 Å². The maximum atomic E-state index is 12.5. The first kappa shape index (κ1) is 19.4. The number of hydrogen-bond donors (Lipinski definition) is 0. The number of fused-ring (bicyclic) bond motifs is 1. The third-order valence-corrected chi connectivity index (χ3v) is 7.36. The van der Waals surface area contributed by atoms with Gasteiger partial charge in [-0.05, 0) is 31.9 Å². The topological polar surface area (TPSA) is 73.7 Å². The molecule has 2 aromatic rings. The molecule has 28 heavy (non-hydrogen) atoms. The van der Waals surface area contributed by atoms with Crippen LogP contribution in [0.2, 0.25) is 0 Å². The molecule has 1 unspecified atom stereocenters. The summed E-state index contributed by atoms with van der Waals surface area (Å²) in [7, 11) is -3.25. The highest BCUT2D eigenvalue weighted by Gasteiger charge is 2.38. The number of hydrogen-bond acceptors (Lipinski definition) is 5. The fraction of sp³-hybridized carbons (Fsp3) is 0.550. The summed E-state index contributed by atoms with van der Waals surface area (Å²) in [6.45, 7) is 4.58. The number of rotatable bonds is 7. The Hall–Kier alpha value is -1.90. The van der Waals surface area contributed by atoms with E-state index in [2.05, 4.69) is 0 Å². The van der Waals surface area contributed by atoms with Crippen LogP contribution in [0.1, 0.15) is 42.8 Å². The molecular formula is C20H27N3O4S. The van der Waals surface area contributed by atoms with E-state index in [4.69, 9.17) is 14.6 Å². The Morgan fingerprint density at radius 3 is 2.89 bits per heavy atom. The standard InChI is InChI=1S/C20H27N3O4S/c1-2-28(24,25)23-11-6-9-19(23)20-17-15-26-13-10-18(17)22(21-20)12-14-27-16-7-4-3-5-8-16/h3-5,7-8,19H,2,6,9-15H2,1H3. The molecule has 0 amide bonds. The van der Waals surface area contributed by atoms with E-state index in [0.717, 1.165) is 42.0 Å². The van der Waals surface area contributed by atoms with Crippen LogP contribution in [0.4, 0.5) is 0 Å². The van der Waals surface area contributed by atoms with Gasteiger partial charge in [0.15, 0.2) is 0 Å². The average molecular weight is 406 g/mol. The fourth-order valence-electron chi connectivity index (χ4n) is 4.07. The van der Waals surface area contributed by atoms with E-state index in [1.807, 2.05) is 35.0 Å². The molecule has 8 heteroatoms. The molecule has 0 bridgehead atoms. The highest BCUT2D eigenvalue weighted by atomic mass is 32.2. The van der Waals surface area contributed by atoms with Crippen molar-refractivity contribution in [3.05, 3.63) is 47.3 Å². The van der Waals surface area contributed by atoms with Gasteiger partial charge in [-0.1, -0.05) is 18.2 Å². The minimum Gasteiger partial charge on any atom is -0.492 e. The fourth-order valence-corrected chi connectivity index (χ4v) is 5.40. The molecule has 1 aromatic carbocycles. The maximum absolute atomic E-state index is 12.5. The van der Waals surface area contributed by atoms with Crippen LogP contribution in [0.5, 0.6) is 5.75 Å². The lowest BCUT2D eigenvalue weighted by Crippen LogP contribution is -2.32. The van der Waals surface area contributed by atoms with Crippen LogP contribution in [0.15, 0.2) is 30.3 Å². The van der Waals surface area contributed by atoms with Crippen molar-refractivity contribution in [1.29, 1.82) is 0 Å². The van der Waals surface area contributed by atoms with Gasteiger partial charge in [0.1, 0.15) is 12.4 Å². The Balaban J connectivity index is 1.57. The predicted octanol–water partition coefficient (Wildman–Crippen LogP) is 2.52. The van der Waals surface area contributed by atoms with Crippen molar-refractivity contribution in [3.8, 4) is 5.75 Å². The van der Waals surface area contributed by atoms with Crippen molar-refractivity contribution < 1.29 is 17.9 Å². The van der Waals surface area contributed by atoms with Gasteiger partial charge in [-0.15, -0.1) is 0 Å². The van der Waals surface area contributed by atoms with Crippen molar-refractivity contribution in [2.75, 3.05) is 25.5 Å². The Kier molecular flexibility index (Phi) is 5.70. The number of sulfonamides is 1. The second kappa shape index (κ2) is 8.23. The molecule has 1 aromatic heterocycles. The zero-order chi connectivity index (χ0) is 19.6. The Morgan fingerprint density at radius 1 is 1.29 bits per heavy atom. The molecule has 2 aliphatic rings. The van der Waals surface area contributed by atoms with Crippen molar-refractivity contribution in [2.45, 2.75) is 45.4 Å². The van der Waals surface area contributed by atoms with Crippen LogP contribution in [0.25, 0.3) is 0 Å². The Labute approximate surface area is 166 Å². The lowest BCUT2D eigenvalue weighted by atomic mass is 10.0. The summed E-state index contributed by atoms with van der Waals surface area (Å²) in [5.74, 6) is 0.955. The van der Waals surface area contributed by atoms with Crippen molar-refractivity contribution >= 4 is 10.0 Å². The van der Waals surface area contributed by atoms with Gasteiger partial charge in [0.2, 0.25) is 10.0 Å². The van der Waals surface area contributed by atoms with Gasteiger partial charge in [-0.25, -0.2) is 8.42 Å². The molecule has 1 atom stereocenters. The summed E-state index contributed by atoms with van der Waals surface area (Å²) in [6.07, 6.45) is 2.47. The van der Waals surface area contributed by atoms with Crippen molar-refractivity contribution in [2.24, 2.45) is 0 Å². The van der Waals surface area contributed by atoms with E-state index in [-0.39, 0.29) is 11.8 Å². The highest BCUT2D eigenvalue weighted by Crippen LogP contribution is 2.37. The lowest BCUT2D eigenvalue weighted by Gasteiger charge is -2.23. The third kappa shape index (κ3) is 3.81. The van der Waals surface area contributed by atoms with Crippen LogP contribution in [-0.4, -0.2) is 48.0 Å². The summed E-state index contributed by atoms with van der Waals surface area (Å²) >= 11 is 0. The second-order valence-electron chi connectivity index (χ2n) is 7.17. The third-order valence-electron chi connectivity index (χ3n) is 5.48. The largest absolute Gasteiger partial charge is 0.492 e. The number of aromatic nitrogens is 2. The van der Waals surface area contributed by atoms with Gasteiger partial charge in [-0.2, -0.15) is 9.40 Å². The normalized spacial score (nSPS) is 20.2. The molecule has 1 fully saturated rings. The summed E-state index contributed by atoms with van der Waals surface area (Å²) in [5, 5.41) is 4.85. The van der Waals surface area contributed by atoms with Gasteiger partial charge in [0.25, 0.3) is 0 Å². The molecule has 0 saturated carbocycles. The molecule has 152 valence electrons. The summed E-state index contributed by atoms with van der Waals surface area (Å²) in [5.41, 5.74) is 3.08. The summed E-state index contributed by atoms with van der Waals surface area (Å²) < 4.78 is 40.2. The number of para-hydroxylation sites is 1. The smallest absolute Gasteiger partial charge is 0.214 e. The molecule has 0 aliphatic carbocycles. The minimum atomic E-state index is -3.25. The Morgan fingerprint density at radius 2 is 2.11 bits per heavy atom. The zero-order valence-corrected chi connectivity index (χ0v) is 17.0. The van der Waals surface area contributed by atoms with Gasteiger partial charge >= 0.3 is 0 Å².